The smallest absolute Gasteiger partial charge is 0.216 e. The van der Waals surface area contributed by atoms with Crippen LogP contribution in [-0.2, 0) is 0 Å². The van der Waals surface area contributed by atoms with E-state index in [1.807, 2.05) is 0 Å². The van der Waals surface area contributed by atoms with Gasteiger partial charge >= 0.3 is 0 Å². The fourth-order valence-electron chi connectivity index (χ4n) is 1.40. The van der Waals surface area contributed by atoms with E-state index in [9.17, 15) is 14.0 Å². The molecular formula is C13H9F2NO. The normalized spacial score (nSPS) is 11.5. The Balaban J connectivity index is 2.40. The number of benzene rings is 2. The van der Waals surface area contributed by atoms with Crippen LogP contribution >= 0.6 is 0 Å². The quantitative estimate of drug-likeness (QED) is 0.338. The first-order valence-electron chi connectivity index (χ1n) is 4.99. The summed E-state index contributed by atoms with van der Waals surface area (Å²) in [6, 6.07) is 12.0. The van der Waals surface area contributed by atoms with Gasteiger partial charge in [-0.3, -0.25) is 0 Å². The van der Waals surface area contributed by atoms with Crippen LogP contribution in [0, 0.1) is 16.8 Å². The maximum absolute atomic E-state index is 13.3. The molecule has 17 heavy (non-hydrogen) atoms. The fourth-order valence-corrected chi connectivity index (χ4v) is 1.40. The van der Waals surface area contributed by atoms with Crippen LogP contribution < -0.4 is 0 Å². The zero-order valence-corrected chi connectivity index (χ0v) is 8.81. The third kappa shape index (κ3) is 2.47. The topological polar surface area (TPSA) is 26.1 Å². The molecule has 0 heterocycles. The van der Waals surface area contributed by atoms with Gasteiger partial charge in [0.05, 0.1) is 5.56 Å². The van der Waals surface area contributed by atoms with Crippen LogP contribution in [-0.4, -0.2) is 11.0 Å². The van der Waals surface area contributed by atoms with Crippen molar-refractivity contribution >= 4 is 11.9 Å². The molecule has 0 aromatic heterocycles. The number of hydrogen-bond acceptors (Lipinski definition) is 1. The summed E-state index contributed by atoms with van der Waals surface area (Å²) in [6.45, 7) is 0. The summed E-state index contributed by atoms with van der Waals surface area (Å²) in [5.74, 6) is -2.00. The highest BCUT2D eigenvalue weighted by molar-refractivity contribution is 5.77. The molecule has 0 aliphatic heterocycles. The monoisotopic (exact) mass is 233 g/mol. The van der Waals surface area contributed by atoms with Crippen LogP contribution in [0.4, 0.5) is 14.5 Å². The lowest BCUT2D eigenvalue weighted by atomic mass is 10.2. The number of hydrogen-bond donors (Lipinski definition) is 0. The summed E-state index contributed by atoms with van der Waals surface area (Å²) < 4.78 is 26.7. The van der Waals surface area contributed by atoms with E-state index in [1.165, 1.54) is 12.1 Å². The Hall–Kier alpha value is -2.23. The van der Waals surface area contributed by atoms with Gasteiger partial charge < -0.3 is 5.21 Å². The first kappa shape index (κ1) is 11.3. The SMILES string of the molecule is [O-][N+](=Cc1cccc(F)c1F)c1ccccc1. The maximum atomic E-state index is 13.3. The van der Waals surface area contributed by atoms with Gasteiger partial charge in [-0.25, -0.2) is 8.78 Å². The van der Waals surface area contributed by atoms with Crippen molar-refractivity contribution in [3.63, 3.8) is 0 Å². The lowest BCUT2D eigenvalue weighted by molar-refractivity contribution is -0.354. The van der Waals surface area contributed by atoms with Crippen molar-refractivity contribution in [3.05, 3.63) is 70.9 Å². The molecule has 0 saturated carbocycles. The Kier molecular flexibility index (Phi) is 3.14. The third-order valence-corrected chi connectivity index (χ3v) is 2.25. The summed E-state index contributed by atoms with van der Waals surface area (Å²) in [4.78, 5) is 0. The van der Waals surface area contributed by atoms with Gasteiger partial charge in [0, 0.05) is 12.1 Å². The van der Waals surface area contributed by atoms with Crippen LogP contribution in [0.1, 0.15) is 5.56 Å². The molecule has 2 aromatic carbocycles. The van der Waals surface area contributed by atoms with Gasteiger partial charge in [0.1, 0.15) is 0 Å². The molecule has 0 aliphatic carbocycles. The van der Waals surface area contributed by atoms with E-state index in [-0.39, 0.29) is 5.56 Å². The lowest BCUT2D eigenvalue weighted by Gasteiger charge is -2.03. The molecule has 0 unspecified atom stereocenters. The number of nitrogens with zero attached hydrogens (tertiary/aromatic N) is 1. The van der Waals surface area contributed by atoms with E-state index in [0.29, 0.717) is 10.4 Å². The Morgan fingerprint density at radius 1 is 0.941 bits per heavy atom. The predicted octanol–water partition coefficient (Wildman–Crippen LogP) is 3.23. The summed E-state index contributed by atoms with van der Waals surface area (Å²) in [7, 11) is 0. The summed E-state index contributed by atoms with van der Waals surface area (Å²) in [6.07, 6.45) is 1.01. The number of rotatable bonds is 2. The molecule has 0 atom stereocenters. The molecule has 2 rings (SSSR count). The minimum absolute atomic E-state index is 0.0798. The molecule has 0 N–H and O–H groups in total. The van der Waals surface area contributed by atoms with Crippen LogP contribution in [0.15, 0.2) is 48.5 Å². The maximum Gasteiger partial charge on any atom is 0.216 e. The first-order chi connectivity index (χ1) is 8.18. The molecule has 2 aromatic rings. The van der Waals surface area contributed by atoms with Crippen molar-refractivity contribution in [2.24, 2.45) is 0 Å². The largest absolute Gasteiger partial charge is 0.618 e. The van der Waals surface area contributed by atoms with Gasteiger partial charge in [0.15, 0.2) is 17.8 Å². The highest BCUT2D eigenvalue weighted by Crippen LogP contribution is 2.12. The summed E-state index contributed by atoms with van der Waals surface area (Å²) in [5.41, 5.74) is 0.278. The highest BCUT2D eigenvalue weighted by Gasteiger charge is 2.09. The second-order valence-electron chi connectivity index (χ2n) is 3.43. The molecule has 0 fully saturated rings. The molecule has 0 radical (unpaired) electrons. The second-order valence-corrected chi connectivity index (χ2v) is 3.43. The zero-order chi connectivity index (χ0) is 12.3. The minimum atomic E-state index is -1.02. The van der Waals surface area contributed by atoms with Gasteiger partial charge in [0.25, 0.3) is 0 Å². The average Bonchev–Trinajstić information content (AvgIpc) is 2.36. The average molecular weight is 233 g/mol. The minimum Gasteiger partial charge on any atom is -0.618 e. The summed E-state index contributed by atoms with van der Waals surface area (Å²) in [5, 5.41) is 11.6. The Morgan fingerprint density at radius 3 is 2.35 bits per heavy atom. The molecule has 2 nitrogen and oxygen atoms in total. The number of para-hydroxylation sites is 1. The molecular weight excluding hydrogens is 224 g/mol. The number of halogens is 2. The predicted molar refractivity (Wildman–Crippen MR) is 61.3 cm³/mol. The zero-order valence-electron chi connectivity index (χ0n) is 8.81. The van der Waals surface area contributed by atoms with Crippen molar-refractivity contribution in [1.29, 1.82) is 0 Å². The Bertz CT molecular complexity index is 553. The lowest BCUT2D eigenvalue weighted by Crippen LogP contribution is -2.01. The highest BCUT2D eigenvalue weighted by atomic mass is 19.2. The van der Waals surface area contributed by atoms with Gasteiger partial charge in [-0.1, -0.05) is 24.3 Å². The van der Waals surface area contributed by atoms with Crippen LogP contribution in [0.2, 0.25) is 0 Å². The van der Waals surface area contributed by atoms with Crippen molar-refractivity contribution in [2.45, 2.75) is 0 Å². The van der Waals surface area contributed by atoms with E-state index in [0.717, 1.165) is 12.3 Å². The first-order valence-corrected chi connectivity index (χ1v) is 4.99. The Labute approximate surface area is 97.0 Å². The van der Waals surface area contributed by atoms with Crippen molar-refractivity contribution in [1.82, 2.24) is 0 Å². The van der Waals surface area contributed by atoms with Crippen LogP contribution in [0.5, 0.6) is 0 Å². The van der Waals surface area contributed by atoms with Crippen molar-refractivity contribution < 1.29 is 13.5 Å². The summed E-state index contributed by atoms with van der Waals surface area (Å²) >= 11 is 0. The van der Waals surface area contributed by atoms with Crippen LogP contribution in [0.3, 0.4) is 0 Å². The van der Waals surface area contributed by atoms with Crippen molar-refractivity contribution in [2.75, 3.05) is 0 Å². The molecule has 0 saturated heterocycles. The van der Waals surface area contributed by atoms with E-state index >= 15 is 0 Å². The molecule has 0 amide bonds. The molecule has 4 heteroatoms. The van der Waals surface area contributed by atoms with E-state index < -0.39 is 11.6 Å². The van der Waals surface area contributed by atoms with Gasteiger partial charge in [-0.05, 0) is 12.1 Å². The van der Waals surface area contributed by atoms with E-state index in [2.05, 4.69) is 0 Å². The van der Waals surface area contributed by atoms with Gasteiger partial charge in [-0.15, -0.1) is 0 Å². The van der Waals surface area contributed by atoms with Crippen molar-refractivity contribution in [3.8, 4) is 0 Å². The second kappa shape index (κ2) is 4.74. The fraction of sp³-hybridized carbons (Fsp3) is 0. The van der Waals surface area contributed by atoms with E-state index in [1.54, 1.807) is 30.3 Å². The van der Waals surface area contributed by atoms with E-state index in [4.69, 9.17) is 0 Å². The molecule has 0 bridgehead atoms. The molecule has 0 spiro atoms. The standard InChI is InChI=1S/C13H9F2NO/c14-12-8-4-5-10(13(12)15)9-16(17)11-6-2-1-3-7-11/h1-9H. The molecule has 86 valence electrons. The third-order valence-electron chi connectivity index (χ3n) is 2.25. The van der Waals surface area contributed by atoms with Gasteiger partial charge in [-0.2, -0.15) is 4.74 Å². The molecule has 0 aliphatic rings. The van der Waals surface area contributed by atoms with Crippen LogP contribution in [0.25, 0.3) is 0 Å². The van der Waals surface area contributed by atoms with Gasteiger partial charge in [0.2, 0.25) is 5.69 Å². The Morgan fingerprint density at radius 2 is 1.65 bits per heavy atom.